The minimum Gasteiger partial charge on any atom is -0.384 e. The van der Waals surface area contributed by atoms with E-state index in [0.717, 1.165) is 5.82 Å². The lowest BCUT2D eigenvalue weighted by Gasteiger charge is -2.22. The molecule has 4 heteroatoms. The molecule has 0 radical (unpaired) electrons. The Bertz CT molecular complexity index is 259. The van der Waals surface area contributed by atoms with Gasteiger partial charge in [0.2, 0.25) is 0 Å². The largest absolute Gasteiger partial charge is 0.384 e. The lowest BCUT2D eigenvalue weighted by Crippen LogP contribution is -2.26. The molecule has 1 aromatic heterocycles. The van der Waals surface area contributed by atoms with Crippen molar-refractivity contribution in [3.8, 4) is 0 Å². The predicted octanol–water partition coefficient (Wildman–Crippen LogP) is 0.903. The van der Waals surface area contributed by atoms with Crippen LogP contribution in [0.4, 0.5) is 11.6 Å². The normalized spacial score (nSPS) is 10.3. The summed E-state index contributed by atoms with van der Waals surface area (Å²) < 4.78 is 0. The van der Waals surface area contributed by atoms with Crippen LogP contribution >= 0.6 is 0 Å². The average molecular weight is 166 g/mol. The maximum Gasteiger partial charge on any atom is 0.134 e. The molecule has 0 spiro atoms. The fraction of sp³-hybridized carbons (Fsp3) is 0.500. The molecule has 0 unspecified atom stereocenters. The van der Waals surface area contributed by atoms with Crippen LogP contribution in [0.2, 0.25) is 0 Å². The van der Waals surface area contributed by atoms with Gasteiger partial charge in [0.15, 0.2) is 0 Å². The molecule has 0 atom stereocenters. The van der Waals surface area contributed by atoms with E-state index in [0.29, 0.717) is 11.9 Å². The highest BCUT2D eigenvalue weighted by Crippen LogP contribution is 2.12. The Balaban J connectivity index is 2.88. The number of hydrogen-bond donors (Lipinski definition) is 1. The van der Waals surface area contributed by atoms with Gasteiger partial charge in [0, 0.05) is 19.2 Å². The van der Waals surface area contributed by atoms with E-state index in [9.17, 15) is 0 Å². The van der Waals surface area contributed by atoms with Crippen LogP contribution in [0.5, 0.6) is 0 Å². The summed E-state index contributed by atoms with van der Waals surface area (Å²) in [6.07, 6.45) is 1.48. The predicted molar refractivity (Wildman–Crippen MR) is 50.0 cm³/mol. The Morgan fingerprint density at radius 3 is 2.58 bits per heavy atom. The van der Waals surface area contributed by atoms with Crippen molar-refractivity contribution >= 4 is 11.6 Å². The Hall–Kier alpha value is -1.32. The van der Waals surface area contributed by atoms with Crippen molar-refractivity contribution in [1.29, 1.82) is 0 Å². The summed E-state index contributed by atoms with van der Waals surface area (Å²) >= 11 is 0. The van der Waals surface area contributed by atoms with Gasteiger partial charge in [-0.2, -0.15) is 0 Å². The van der Waals surface area contributed by atoms with E-state index in [1.807, 2.05) is 11.9 Å². The zero-order chi connectivity index (χ0) is 9.14. The van der Waals surface area contributed by atoms with Crippen LogP contribution in [0.25, 0.3) is 0 Å². The van der Waals surface area contributed by atoms with E-state index in [1.165, 1.54) is 6.33 Å². The molecule has 0 amide bonds. The third kappa shape index (κ3) is 1.84. The van der Waals surface area contributed by atoms with Gasteiger partial charge in [-0.3, -0.25) is 0 Å². The number of nitrogen functional groups attached to an aromatic ring is 1. The minimum atomic E-state index is 0.416. The molecule has 4 nitrogen and oxygen atoms in total. The number of hydrogen-bond acceptors (Lipinski definition) is 4. The monoisotopic (exact) mass is 166 g/mol. The van der Waals surface area contributed by atoms with Crippen LogP contribution in [-0.4, -0.2) is 23.1 Å². The van der Waals surface area contributed by atoms with Crippen LogP contribution < -0.4 is 10.6 Å². The lowest BCUT2D eigenvalue weighted by molar-refractivity contribution is 0.742. The van der Waals surface area contributed by atoms with Crippen molar-refractivity contribution < 1.29 is 0 Å². The highest BCUT2D eigenvalue weighted by molar-refractivity contribution is 5.45. The quantitative estimate of drug-likeness (QED) is 0.709. The Morgan fingerprint density at radius 1 is 1.42 bits per heavy atom. The van der Waals surface area contributed by atoms with Crippen molar-refractivity contribution in [3.05, 3.63) is 12.4 Å². The van der Waals surface area contributed by atoms with Crippen molar-refractivity contribution in [2.24, 2.45) is 0 Å². The van der Waals surface area contributed by atoms with E-state index in [4.69, 9.17) is 5.73 Å². The van der Waals surface area contributed by atoms with Crippen LogP contribution in [0, 0.1) is 0 Å². The van der Waals surface area contributed by atoms with Crippen LogP contribution in [-0.2, 0) is 0 Å². The maximum atomic E-state index is 5.52. The molecule has 0 saturated carbocycles. The van der Waals surface area contributed by atoms with Gasteiger partial charge in [0.1, 0.15) is 18.0 Å². The SMILES string of the molecule is CC(C)N(C)c1cc(N)ncn1. The molecular weight excluding hydrogens is 152 g/mol. The van der Waals surface area contributed by atoms with Crippen LogP contribution in [0.15, 0.2) is 12.4 Å². The van der Waals surface area contributed by atoms with Gasteiger partial charge in [-0.25, -0.2) is 9.97 Å². The molecule has 0 saturated heterocycles. The first kappa shape index (κ1) is 8.77. The Labute approximate surface area is 72.4 Å². The van der Waals surface area contributed by atoms with Crippen molar-refractivity contribution in [1.82, 2.24) is 9.97 Å². The summed E-state index contributed by atoms with van der Waals surface area (Å²) in [5.74, 6) is 1.37. The number of nitrogens with zero attached hydrogens (tertiary/aromatic N) is 3. The highest BCUT2D eigenvalue weighted by Gasteiger charge is 2.05. The van der Waals surface area contributed by atoms with Crippen molar-refractivity contribution in [3.63, 3.8) is 0 Å². The van der Waals surface area contributed by atoms with Gasteiger partial charge >= 0.3 is 0 Å². The number of aromatic nitrogens is 2. The van der Waals surface area contributed by atoms with Crippen molar-refractivity contribution in [2.75, 3.05) is 17.7 Å². The summed E-state index contributed by atoms with van der Waals surface area (Å²) in [6, 6.07) is 2.18. The average Bonchev–Trinajstić information content (AvgIpc) is 2.03. The topological polar surface area (TPSA) is 55.0 Å². The zero-order valence-corrected chi connectivity index (χ0v) is 7.65. The first-order chi connectivity index (χ1) is 5.61. The molecule has 66 valence electrons. The van der Waals surface area contributed by atoms with Crippen LogP contribution in [0.3, 0.4) is 0 Å². The molecule has 0 aliphatic rings. The molecule has 12 heavy (non-hydrogen) atoms. The standard InChI is InChI=1S/C8H14N4/c1-6(2)12(3)8-4-7(9)10-5-11-8/h4-6H,1-3H3,(H2,9,10,11). The molecule has 1 heterocycles. The second-order valence-electron chi connectivity index (χ2n) is 3.01. The summed E-state index contributed by atoms with van der Waals surface area (Å²) in [7, 11) is 1.98. The number of nitrogens with two attached hydrogens (primary N) is 1. The molecular formula is C8H14N4. The van der Waals surface area contributed by atoms with E-state index in [1.54, 1.807) is 6.07 Å². The van der Waals surface area contributed by atoms with Gasteiger partial charge in [-0.1, -0.05) is 0 Å². The molecule has 0 fully saturated rings. The minimum absolute atomic E-state index is 0.416. The first-order valence-electron chi connectivity index (χ1n) is 3.91. The van der Waals surface area contributed by atoms with E-state index in [-0.39, 0.29) is 0 Å². The van der Waals surface area contributed by atoms with Gasteiger partial charge < -0.3 is 10.6 Å². The molecule has 2 N–H and O–H groups in total. The molecule has 1 rings (SSSR count). The van der Waals surface area contributed by atoms with Crippen LogP contribution in [0.1, 0.15) is 13.8 Å². The molecule has 0 bridgehead atoms. The fourth-order valence-electron chi connectivity index (χ4n) is 0.819. The molecule has 1 aromatic rings. The Morgan fingerprint density at radius 2 is 2.08 bits per heavy atom. The number of anilines is 2. The second-order valence-corrected chi connectivity index (χ2v) is 3.01. The van der Waals surface area contributed by atoms with Gasteiger partial charge in [0.05, 0.1) is 0 Å². The summed E-state index contributed by atoms with van der Waals surface area (Å²) in [5.41, 5.74) is 5.52. The van der Waals surface area contributed by atoms with Gasteiger partial charge in [-0.05, 0) is 13.8 Å². The van der Waals surface area contributed by atoms with E-state index >= 15 is 0 Å². The third-order valence-corrected chi connectivity index (χ3v) is 1.81. The highest BCUT2D eigenvalue weighted by atomic mass is 15.2. The summed E-state index contributed by atoms with van der Waals surface area (Å²) in [5, 5.41) is 0. The molecule has 0 aliphatic carbocycles. The first-order valence-corrected chi connectivity index (χ1v) is 3.91. The maximum absolute atomic E-state index is 5.52. The zero-order valence-electron chi connectivity index (χ0n) is 7.65. The fourth-order valence-corrected chi connectivity index (χ4v) is 0.819. The smallest absolute Gasteiger partial charge is 0.134 e. The van der Waals surface area contributed by atoms with Gasteiger partial charge in [-0.15, -0.1) is 0 Å². The molecule has 0 aromatic carbocycles. The van der Waals surface area contributed by atoms with E-state index < -0.39 is 0 Å². The summed E-state index contributed by atoms with van der Waals surface area (Å²) in [4.78, 5) is 9.96. The molecule has 0 aliphatic heterocycles. The summed E-state index contributed by atoms with van der Waals surface area (Å²) in [6.45, 7) is 4.19. The lowest BCUT2D eigenvalue weighted by atomic mass is 10.3. The van der Waals surface area contributed by atoms with Crippen molar-refractivity contribution in [2.45, 2.75) is 19.9 Å². The second kappa shape index (κ2) is 3.38. The Kier molecular flexibility index (Phi) is 2.47. The van der Waals surface area contributed by atoms with E-state index in [2.05, 4.69) is 23.8 Å². The number of rotatable bonds is 2. The van der Waals surface area contributed by atoms with Gasteiger partial charge in [0.25, 0.3) is 0 Å². The third-order valence-electron chi connectivity index (χ3n) is 1.81.